The van der Waals surface area contributed by atoms with Gasteiger partial charge in [0.2, 0.25) is 0 Å². The fourth-order valence-corrected chi connectivity index (χ4v) is 5.29. The van der Waals surface area contributed by atoms with Crippen molar-refractivity contribution >= 4 is 16.5 Å². The predicted octanol–water partition coefficient (Wildman–Crippen LogP) is 1.86. The number of hydrogen-bond acceptors (Lipinski definition) is 6. The third-order valence-electron chi connectivity index (χ3n) is 5.56. The van der Waals surface area contributed by atoms with Crippen LogP contribution in [0.2, 0.25) is 0 Å². The molecule has 1 N–H and O–H groups in total. The van der Waals surface area contributed by atoms with Gasteiger partial charge in [0.15, 0.2) is 5.13 Å². The van der Waals surface area contributed by atoms with E-state index in [1.807, 2.05) is 6.20 Å². The summed E-state index contributed by atoms with van der Waals surface area (Å²) in [6.07, 6.45) is 7.65. The molecule has 1 saturated carbocycles. The number of hydrogen-bond donors (Lipinski definition) is 1. The van der Waals surface area contributed by atoms with Crippen molar-refractivity contribution in [3.05, 3.63) is 11.1 Å². The first-order valence-corrected chi connectivity index (χ1v) is 9.30. The number of likely N-dealkylation sites (tertiary alicyclic amines) is 1. The largest absolute Gasteiger partial charge is 0.391 e. The maximum Gasteiger partial charge on any atom is 0.185 e. The maximum atomic E-state index is 10.5. The molecule has 122 valence electrons. The molecule has 2 saturated heterocycles. The van der Waals surface area contributed by atoms with Crippen molar-refractivity contribution in [1.82, 2.24) is 9.88 Å². The number of aliphatic hydroxyl groups excluding tert-OH is 1. The van der Waals surface area contributed by atoms with Gasteiger partial charge in [0, 0.05) is 42.8 Å². The van der Waals surface area contributed by atoms with Crippen molar-refractivity contribution in [1.29, 1.82) is 0 Å². The second kappa shape index (κ2) is 6.07. The molecule has 1 atom stereocenters. The van der Waals surface area contributed by atoms with Crippen molar-refractivity contribution < 1.29 is 9.84 Å². The van der Waals surface area contributed by atoms with Crippen LogP contribution in [0.5, 0.6) is 0 Å². The van der Waals surface area contributed by atoms with Gasteiger partial charge in [-0.15, -0.1) is 11.3 Å². The van der Waals surface area contributed by atoms with Crippen molar-refractivity contribution in [2.24, 2.45) is 0 Å². The molecule has 0 amide bonds. The normalized spacial score (nSPS) is 28.8. The molecule has 1 aromatic rings. The minimum Gasteiger partial charge on any atom is -0.391 e. The van der Waals surface area contributed by atoms with E-state index in [1.165, 1.54) is 17.7 Å². The number of nitrogens with zero attached hydrogens (tertiary/aromatic N) is 3. The van der Waals surface area contributed by atoms with Gasteiger partial charge in [0.1, 0.15) is 0 Å². The molecule has 2 aliphatic heterocycles. The van der Waals surface area contributed by atoms with Gasteiger partial charge in [-0.25, -0.2) is 4.98 Å². The van der Waals surface area contributed by atoms with Gasteiger partial charge in [-0.05, 0) is 19.3 Å². The van der Waals surface area contributed by atoms with Gasteiger partial charge in [-0.2, -0.15) is 0 Å². The van der Waals surface area contributed by atoms with Gasteiger partial charge in [0.25, 0.3) is 0 Å². The Balaban J connectivity index is 1.46. The van der Waals surface area contributed by atoms with Crippen molar-refractivity contribution in [3.63, 3.8) is 0 Å². The zero-order valence-electron chi connectivity index (χ0n) is 13.0. The number of rotatable bonds is 3. The average Bonchev–Trinajstić information content (AvgIpc) is 3.27. The Morgan fingerprint density at radius 2 is 2.05 bits per heavy atom. The summed E-state index contributed by atoms with van der Waals surface area (Å²) < 4.78 is 5.41. The molecule has 1 unspecified atom stereocenters. The first-order valence-electron chi connectivity index (χ1n) is 8.48. The Morgan fingerprint density at radius 1 is 1.27 bits per heavy atom. The number of morpholine rings is 1. The molecule has 22 heavy (non-hydrogen) atoms. The molecule has 0 aromatic carbocycles. The van der Waals surface area contributed by atoms with Crippen LogP contribution < -0.4 is 4.90 Å². The lowest BCUT2D eigenvalue weighted by atomic mass is 9.91. The van der Waals surface area contributed by atoms with Crippen LogP contribution in [0, 0.1) is 0 Å². The summed E-state index contributed by atoms with van der Waals surface area (Å²) in [5.74, 6) is 0. The molecule has 3 heterocycles. The highest BCUT2D eigenvalue weighted by atomic mass is 32.1. The topological polar surface area (TPSA) is 48.8 Å². The fourth-order valence-electron chi connectivity index (χ4n) is 4.31. The first-order chi connectivity index (χ1) is 10.8. The average molecular weight is 323 g/mol. The lowest BCUT2D eigenvalue weighted by Crippen LogP contribution is -2.47. The Hall–Kier alpha value is -0.690. The molecule has 1 aliphatic carbocycles. The molecule has 4 rings (SSSR count). The summed E-state index contributed by atoms with van der Waals surface area (Å²) >= 11 is 1.81. The molecular weight excluding hydrogens is 298 g/mol. The molecule has 5 nitrogen and oxygen atoms in total. The van der Waals surface area contributed by atoms with Gasteiger partial charge in [0.05, 0.1) is 19.3 Å². The van der Waals surface area contributed by atoms with Crippen LogP contribution >= 0.6 is 11.3 Å². The highest BCUT2D eigenvalue weighted by Gasteiger charge is 2.49. The predicted molar refractivity (Wildman–Crippen MR) is 87.4 cm³/mol. The molecule has 0 bridgehead atoms. The summed E-state index contributed by atoms with van der Waals surface area (Å²) in [6, 6.07) is 0. The second-order valence-electron chi connectivity index (χ2n) is 6.75. The fraction of sp³-hybridized carbons (Fsp3) is 0.812. The third-order valence-corrected chi connectivity index (χ3v) is 6.60. The zero-order valence-corrected chi connectivity index (χ0v) is 13.9. The minimum atomic E-state index is -0.137. The number of thiazole rings is 1. The monoisotopic (exact) mass is 323 g/mol. The Kier molecular flexibility index (Phi) is 4.11. The summed E-state index contributed by atoms with van der Waals surface area (Å²) in [7, 11) is 0. The van der Waals surface area contributed by atoms with E-state index in [1.54, 1.807) is 11.3 Å². The SMILES string of the molecule is OC1CCN(Cc2cnc(N3CCOCC3)s2)C12CCCC2. The molecular formula is C16H25N3O2S. The first kappa shape index (κ1) is 14.9. The highest BCUT2D eigenvalue weighted by molar-refractivity contribution is 7.15. The van der Waals surface area contributed by atoms with E-state index < -0.39 is 0 Å². The Labute approximate surface area is 135 Å². The van der Waals surface area contributed by atoms with Gasteiger partial charge in [-0.3, -0.25) is 4.90 Å². The summed E-state index contributed by atoms with van der Waals surface area (Å²) in [5.41, 5.74) is 0.0586. The zero-order chi connectivity index (χ0) is 15.0. The molecule has 3 aliphatic rings. The van der Waals surface area contributed by atoms with Crippen LogP contribution in [0.1, 0.15) is 37.0 Å². The van der Waals surface area contributed by atoms with Crippen LogP contribution in [0.4, 0.5) is 5.13 Å². The van der Waals surface area contributed by atoms with Gasteiger partial charge < -0.3 is 14.7 Å². The van der Waals surface area contributed by atoms with E-state index in [0.29, 0.717) is 0 Å². The van der Waals surface area contributed by atoms with Crippen molar-refractivity contribution in [2.45, 2.75) is 50.3 Å². The molecule has 3 fully saturated rings. The molecule has 1 spiro atoms. The summed E-state index contributed by atoms with van der Waals surface area (Å²) in [4.78, 5) is 10.8. The number of aromatic nitrogens is 1. The highest BCUT2D eigenvalue weighted by Crippen LogP contribution is 2.44. The van der Waals surface area contributed by atoms with E-state index in [9.17, 15) is 5.11 Å². The number of anilines is 1. The number of ether oxygens (including phenoxy) is 1. The molecule has 6 heteroatoms. The van der Waals surface area contributed by atoms with E-state index >= 15 is 0 Å². The van der Waals surface area contributed by atoms with E-state index in [4.69, 9.17) is 4.74 Å². The lowest BCUT2D eigenvalue weighted by Gasteiger charge is -2.37. The summed E-state index contributed by atoms with van der Waals surface area (Å²) in [5, 5.41) is 11.6. The van der Waals surface area contributed by atoms with Crippen LogP contribution in [-0.4, -0.2) is 59.5 Å². The van der Waals surface area contributed by atoms with Crippen LogP contribution in [0.15, 0.2) is 6.20 Å². The lowest BCUT2D eigenvalue weighted by molar-refractivity contribution is 0.0282. The Bertz CT molecular complexity index is 509. The van der Waals surface area contributed by atoms with E-state index in [0.717, 1.165) is 63.8 Å². The smallest absolute Gasteiger partial charge is 0.185 e. The molecule has 1 aromatic heterocycles. The quantitative estimate of drug-likeness (QED) is 0.920. The van der Waals surface area contributed by atoms with Gasteiger partial charge >= 0.3 is 0 Å². The Morgan fingerprint density at radius 3 is 2.82 bits per heavy atom. The van der Waals surface area contributed by atoms with Crippen LogP contribution in [0.25, 0.3) is 0 Å². The molecule has 0 radical (unpaired) electrons. The van der Waals surface area contributed by atoms with E-state index in [-0.39, 0.29) is 11.6 Å². The van der Waals surface area contributed by atoms with Crippen molar-refractivity contribution in [3.8, 4) is 0 Å². The van der Waals surface area contributed by atoms with E-state index in [2.05, 4.69) is 14.8 Å². The minimum absolute atomic E-state index is 0.0586. The van der Waals surface area contributed by atoms with Gasteiger partial charge in [-0.1, -0.05) is 12.8 Å². The number of aliphatic hydroxyl groups is 1. The summed E-state index contributed by atoms with van der Waals surface area (Å²) in [6.45, 7) is 5.45. The van der Waals surface area contributed by atoms with Crippen LogP contribution in [-0.2, 0) is 11.3 Å². The second-order valence-corrected chi connectivity index (χ2v) is 7.84. The maximum absolute atomic E-state index is 10.5. The van der Waals surface area contributed by atoms with Crippen molar-refractivity contribution in [2.75, 3.05) is 37.7 Å². The third kappa shape index (κ3) is 2.56. The standard InChI is InChI=1S/C16H25N3O2S/c20-14-3-6-19(16(14)4-1-2-5-16)12-13-11-17-15(22-13)18-7-9-21-10-8-18/h11,14,20H,1-10,12H2. The van der Waals surface area contributed by atoms with Crippen LogP contribution in [0.3, 0.4) is 0 Å².